The third kappa shape index (κ3) is 10.1. The van der Waals surface area contributed by atoms with Gasteiger partial charge in [0, 0.05) is 24.1 Å². The zero-order valence-corrected chi connectivity index (χ0v) is 17.7. The highest BCUT2D eigenvalue weighted by Gasteiger charge is 2.16. The van der Waals surface area contributed by atoms with E-state index in [2.05, 4.69) is 23.8 Å². The maximum Gasteiger partial charge on any atom is 0.251 e. The molecule has 0 radical (unpaired) electrons. The van der Waals surface area contributed by atoms with E-state index in [0.717, 1.165) is 12.8 Å². The predicted molar refractivity (Wildman–Crippen MR) is 119 cm³/mol. The number of rotatable bonds is 13. The third-order valence-corrected chi connectivity index (χ3v) is 4.02. The number of hydrogen-bond acceptors (Lipinski definition) is 4. The second kappa shape index (κ2) is 14.9. The zero-order chi connectivity index (χ0) is 22.2. The second-order valence-electron chi connectivity index (χ2n) is 6.25. The SMILES string of the molecule is C=C/C=C(N)\C(=C/C)NC(=O)CCCCCNC(=O)C(=C/C)/C(=C\C=C)C(C)=O. The smallest absolute Gasteiger partial charge is 0.251 e. The van der Waals surface area contributed by atoms with Gasteiger partial charge in [-0.05, 0) is 39.7 Å². The highest BCUT2D eigenvalue weighted by Crippen LogP contribution is 2.12. The lowest BCUT2D eigenvalue weighted by Gasteiger charge is -2.11. The Morgan fingerprint density at radius 2 is 1.59 bits per heavy atom. The van der Waals surface area contributed by atoms with Crippen molar-refractivity contribution in [3.8, 4) is 0 Å². The van der Waals surface area contributed by atoms with E-state index in [4.69, 9.17) is 5.73 Å². The maximum atomic E-state index is 12.3. The van der Waals surface area contributed by atoms with Crippen LogP contribution in [0.25, 0.3) is 0 Å². The number of amides is 2. The van der Waals surface area contributed by atoms with Crippen LogP contribution in [0.5, 0.6) is 0 Å². The minimum absolute atomic E-state index is 0.112. The molecule has 0 spiro atoms. The van der Waals surface area contributed by atoms with Crippen molar-refractivity contribution in [3.05, 3.63) is 72.2 Å². The molecule has 0 aromatic rings. The minimum Gasteiger partial charge on any atom is -0.397 e. The summed E-state index contributed by atoms with van der Waals surface area (Å²) < 4.78 is 0. The highest BCUT2D eigenvalue weighted by atomic mass is 16.2. The molecular formula is C23H33N3O3. The van der Waals surface area contributed by atoms with Crippen LogP contribution in [0.1, 0.15) is 46.5 Å². The Bertz CT molecular complexity index is 740. The summed E-state index contributed by atoms with van der Waals surface area (Å²) in [6, 6.07) is 0. The number of carbonyl (C=O) groups excluding carboxylic acids is 3. The van der Waals surface area contributed by atoms with Crippen molar-refractivity contribution in [1.82, 2.24) is 10.6 Å². The molecule has 158 valence electrons. The number of allylic oxidation sites excluding steroid dienone is 6. The van der Waals surface area contributed by atoms with E-state index in [1.807, 2.05) is 0 Å². The van der Waals surface area contributed by atoms with Crippen molar-refractivity contribution in [2.75, 3.05) is 6.54 Å². The Balaban J connectivity index is 4.35. The molecule has 0 saturated carbocycles. The Hall–Kier alpha value is -3.15. The number of nitrogens with two attached hydrogens (primary N) is 1. The second-order valence-corrected chi connectivity index (χ2v) is 6.25. The molecule has 0 aromatic carbocycles. The topological polar surface area (TPSA) is 101 Å². The minimum atomic E-state index is -0.296. The van der Waals surface area contributed by atoms with E-state index in [9.17, 15) is 14.4 Å². The Morgan fingerprint density at radius 1 is 0.931 bits per heavy atom. The van der Waals surface area contributed by atoms with Gasteiger partial charge in [-0.25, -0.2) is 0 Å². The standard InChI is InChI=1S/C23H33N3O3/c1-6-13-19(17(5)27)18(8-3)23(29)25-16-12-10-11-15-22(28)26-21(9-4)20(24)14-7-2/h6-9,13-14H,1-2,10-12,15-16,24H2,3-5H3,(H,25,29)(H,26,28)/b18-8+,19-13-,20-14+,21-9+. The molecule has 0 atom stereocenters. The van der Waals surface area contributed by atoms with Crippen LogP contribution in [0, 0.1) is 0 Å². The van der Waals surface area contributed by atoms with Gasteiger partial charge >= 0.3 is 0 Å². The summed E-state index contributed by atoms with van der Waals surface area (Å²) in [4.78, 5) is 36.0. The molecule has 0 saturated heterocycles. The summed E-state index contributed by atoms with van der Waals surface area (Å²) in [6.07, 6.45) is 12.1. The van der Waals surface area contributed by atoms with Crippen LogP contribution in [-0.4, -0.2) is 24.1 Å². The fourth-order valence-corrected chi connectivity index (χ4v) is 2.55. The van der Waals surface area contributed by atoms with Crippen molar-refractivity contribution < 1.29 is 14.4 Å². The molecule has 29 heavy (non-hydrogen) atoms. The molecular weight excluding hydrogens is 366 g/mol. The first kappa shape index (κ1) is 25.9. The van der Waals surface area contributed by atoms with Gasteiger partial charge in [0.05, 0.1) is 11.4 Å². The summed E-state index contributed by atoms with van der Waals surface area (Å²) >= 11 is 0. The molecule has 0 bridgehead atoms. The van der Waals surface area contributed by atoms with E-state index in [-0.39, 0.29) is 17.6 Å². The average Bonchev–Trinajstić information content (AvgIpc) is 2.68. The van der Waals surface area contributed by atoms with Crippen molar-refractivity contribution in [3.63, 3.8) is 0 Å². The van der Waals surface area contributed by atoms with Crippen LogP contribution in [0.4, 0.5) is 0 Å². The van der Waals surface area contributed by atoms with Gasteiger partial charge in [0.15, 0.2) is 5.78 Å². The van der Waals surface area contributed by atoms with Crippen LogP contribution >= 0.6 is 0 Å². The van der Waals surface area contributed by atoms with Crippen molar-refractivity contribution in [2.45, 2.75) is 46.5 Å². The van der Waals surface area contributed by atoms with E-state index in [1.165, 1.54) is 19.1 Å². The number of carbonyl (C=O) groups is 3. The number of unbranched alkanes of at least 4 members (excludes halogenated alkanes) is 2. The lowest BCUT2D eigenvalue weighted by Crippen LogP contribution is -2.28. The molecule has 0 aliphatic rings. The van der Waals surface area contributed by atoms with Crippen LogP contribution in [0.2, 0.25) is 0 Å². The first-order valence-electron chi connectivity index (χ1n) is 9.65. The van der Waals surface area contributed by atoms with Gasteiger partial charge in [0.1, 0.15) is 0 Å². The normalized spacial score (nSPS) is 12.9. The summed E-state index contributed by atoms with van der Waals surface area (Å²) in [7, 11) is 0. The molecule has 0 rings (SSSR count). The molecule has 0 aliphatic heterocycles. The van der Waals surface area contributed by atoms with Crippen LogP contribution in [0.3, 0.4) is 0 Å². The molecule has 0 aromatic heterocycles. The third-order valence-electron chi connectivity index (χ3n) is 4.02. The van der Waals surface area contributed by atoms with Crippen LogP contribution in [-0.2, 0) is 14.4 Å². The molecule has 0 unspecified atom stereocenters. The number of Topliss-reactive ketones (excluding diaryl/α,β-unsaturated/α-hetero) is 1. The number of hydrogen-bond donors (Lipinski definition) is 3. The van der Waals surface area contributed by atoms with E-state index < -0.39 is 0 Å². The predicted octanol–water partition coefficient (Wildman–Crippen LogP) is 3.36. The first-order valence-corrected chi connectivity index (χ1v) is 9.65. The lowest BCUT2D eigenvalue weighted by molar-refractivity contribution is -0.120. The Labute approximate surface area is 174 Å². The highest BCUT2D eigenvalue weighted by molar-refractivity contribution is 6.11. The Kier molecular flexibility index (Phi) is 13.2. The fraction of sp³-hybridized carbons (Fsp3) is 0.348. The molecule has 6 nitrogen and oxygen atoms in total. The van der Waals surface area contributed by atoms with Gasteiger partial charge in [0.25, 0.3) is 5.91 Å². The van der Waals surface area contributed by atoms with Crippen molar-refractivity contribution >= 4 is 17.6 Å². The van der Waals surface area contributed by atoms with Gasteiger partial charge in [-0.2, -0.15) is 0 Å². The summed E-state index contributed by atoms with van der Waals surface area (Å²) in [5, 5.41) is 5.58. The molecule has 0 aliphatic carbocycles. The fourth-order valence-electron chi connectivity index (χ4n) is 2.55. The largest absolute Gasteiger partial charge is 0.397 e. The maximum absolute atomic E-state index is 12.3. The van der Waals surface area contributed by atoms with E-state index in [0.29, 0.717) is 41.9 Å². The quantitative estimate of drug-likeness (QED) is 0.251. The first-order chi connectivity index (χ1) is 13.8. The average molecular weight is 400 g/mol. The number of nitrogens with one attached hydrogen (secondary N) is 2. The van der Waals surface area contributed by atoms with Crippen LogP contribution < -0.4 is 16.4 Å². The van der Waals surface area contributed by atoms with Crippen LogP contribution in [0.15, 0.2) is 72.2 Å². The Morgan fingerprint density at radius 3 is 2.10 bits per heavy atom. The summed E-state index contributed by atoms with van der Waals surface area (Å²) in [5.41, 5.74) is 7.52. The molecule has 0 heterocycles. The monoisotopic (exact) mass is 399 g/mol. The molecule has 2 amide bonds. The summed E-state index contributed by atoms with van der Waals surface area (Å²) in [5.74, 6) is -0.599. The van der Waals surface area contributed by atoms with E-state index >= 15 is 0 Å². The zero-order valence-electron chi connectivity index (χ0n) is 17.7. The van der Waals surface area contributed by atoms with Gasteiger partial charge in [-0.15, -0.1) is 0 Å². The molecule has 0 fully saturated rings. The van der Waals surface area contributed by atoms with Gasteiger partial charge in [-0.1, -0.05) is 50.0 Å². The van der Waals surface area contributed by atoms with Gasteiger partial charge in [-0.3, -0.25) is 14.4 Å². The van der Waals surface area contributed by atoms with Crippen molar-refractivity contribution in [1.29, 1.82) is 0 Å². The number of ketones is 1. The van der Waals surface area contributed by atoms with Crippen molar-refractivity contribution in [2.24, 2.45) is 5.73 Å². The molecule has 4 N–H and O–H groups in total. The van der Waals surface area contributed by atoms with E-state index in [1.54, 1.807) is 38.2 Å². The lowest BCUT2D eigenvalue weighted by atomic mass is 10.0. The summed E-state index contributed by atoms with van der Waals surface area (Å²) in [6.45, 7) is 12.5. The molecule has 6 heteroatoms. The van der Waals surface area contributed by atoms with Gasteiger partial charge < -0.3 is 16.4 Å². The van der Waals surface area contributed by atoms with Gasteiger partial charge in [0.2, 0.25) is 5.91 Å².